The van der Waals surface area contributed by atoms with Crippen molar-refractivity contribution in [2.75, 3.05) is 13.2 Å². The molecule has 0 amide bonds. The van der Waals surface area contributed by atoms with E-state index in [-0.39, 0.29) is 0 Å². The Balaban J connectivity index is 1.74. The predicted molar refractivity (Wildman–Crippen MR) is 73.6 cm³/mol. The summed E-state index contributed by atoms with van der Waals surface area (Å²) in [6, 6.07) is 9.08. The molecule has 2 aromatic rings. The van der Waals surface area contributed by atoms with E-state index in [9.17, 15) is 0 Å². The highest BCUT2D eigenvalue weighted by Crippen LogP contribution is 2.20. The monoisotopic (exact) mass is 244 g/mol. The summed E-state index contributed by atoms with van der Waals surface area (Å²) in [6.45, 7) is 2.70. The van der Waals surface area contributed by atoms with Gasteiger partial charge >= 0.3 is 0 Å². The zero-order valence-electron chi connectivity index (χ0n) is 10.9. The smallest absolute Gasteiger partial charge is 0.0619 e. The average molecular weight is 244 g/mol. The Morgan fingerprint density at radius 3 is 3.11 bits per heavy atom. The molecule has 0 saturated carbocycles. The number of nitrogens with one attached hydrogen (secondary N) is 1. The predicted octanol–water partition coefficient (Wildman–Crippen LogP) is 2.45. The Hall–Kier alpha value is -1.32. The van der Waals surface area contributed by atoms with Gasteiger partial charge in [0.2, 0.25) is 0 Å². The van der Waals surface area contributed by atoms with E-state index < -0.39 is 0 Å². The molecule has 1 saturated heterocycles. The molecule has 3 nitrogen and oxygen atoms in total. The first kappa shape index (κ1) is 11.8. The first-order valence-electron chi connectivity index (χ1n) is 6.68. The van der Waals surface area contributed by atoms with E-state index in [4.69, 9.17) is 4.74 Å². The van der Waals surface area contributed by atoms with Gasteiger partial charge in [-0.25, -0.2) is 0 Å². The second-order valence-electron chi connectivity index (χ2n) is 5.08. The molecule has 3 rings (SSSR count). The molecule has 2 heterocycles. The summed E-state index contributed by atoms with van der Waals surface area (Å²) in [5.74, 6) is 0. The summed E-state index contributed by atoms with van der Waals surface area (Å²) in [6.07, 6.45) is 4.62. The third-order valence-electron chi connectivity index (χ3n) is 3.72. The van der Waals surface area contributed by atoms with Crippen molar-refractivity contribution < 1.29 is 4.74 Å². The SMILES string of the molecule is Cn1cc(CNC2CCCOC2)c2ccccc21. The number of hydrogen-bond acceptors (Lipinski definition) is 2. The molecule has 1 N–H and O–H groups in total. The molecule has 18 heavy (non-hydrogen) atoms. The minimum atomic E-state index is 0.512. The number of para-hydroxylation sites is 1. The fourth-order valence-corrected chi connectivity index (χ4v) is 2.72. The number of rotatable bonds is 3. The summed E-state index contributed by atoms with van der Waals surface area (Å²) in [7, 11) is 2.11. The van der Waals surface area contributed by atoms with Crippen molar-refractivity contribution in [2.45, 2.75) is 25.4 Å². The Kier molecular flexibility index (Phi) is 3.35. The lowest BCUT2D eigenvalue weighted by atomic mass is 10.1. The van der Waals surface area contributed by atoms with Crippen LogP contribution in [0.1, 0.15) is 18.4 Å². The van der Waals surface area contributed by atoms with Crippen molar-refractivity contribution in [3.8, 4) is 0 Å². The van der Waals surface area contributed by atoms with Crippen LogP contribution in [-0.2, 0) is 18.3 Å². The largest absolute Gasteiger partial charge is 0.380 e. The summed E-state index contributed by atoms with van der Waals surface area (Å²) in [5, 5.41) is 4.96. The maximum Gasteiger partial charge on any atom is 0.0619 e. The number of nitrogens with zero attached hydrogens (tertiary/aromatic N) is 1. The molecule has 1 unspecified atom stereocenters. The van der Waals surface area contributed by atoms with Gasteiger partial charge in [-0.2, -0.15) is 0 Å². The van der Waals surface area contributed by atoms with E-state index in [0.29, 0.717) is 6.04 Å². The molecular weight excluding hydrogens is 224 g/mol. The van der Waals surface area contributed by atoms with Crippen molar-refractivity contribution in [2.24, 2.45) is 7.05 Å². The summed E-state index contributed by atoms with van der Waals surface area (Å²) < 4.78 is 7.69. The summed E-state index contributed by atoms with van der Waals surface area (Å²) in [4.78, 5) is 0. The van der Waals surface area contributed by atoms with Crippen LogP contribution in [0.25, 0.3) is 10.9 Å². The van der Waals surface area contributed by atoms with Gasteiger partial charge in [0.25, 0.3) is 0 Å². The Bertz CT molecular complexity index is 526. The molecule has 1 atom stereocenters. The normalized spacial score (nSPS) is 20.4. The van der Waals surface area contributed by atoms with Gasteiger partial charge in [-0.1, -0.05) is 18.2 Å². The number of hydrogen-bond donors (Lipinski definition) is 1. The Labute approximate surface area is 108 Å². The third kappa shape index (κ3) is 2.28. The number of fused-ring (bicyclic) bond motifs is 1. The van der Waals surface area contributed by atoms with Crippen molar-refractivity contribution >= 4 is 10.9 Å². The minimum Gasteiger partial charge on any atom is -0.380 e. The lowest BCUT2D eigenvalue weighted by Crippen LogP contribution is -2.36. The Morgan fingerprint density at radius 1 is 1.39 bits per heavy atom. The molecule has 1 aromatic carbocycles. The van der Waals surface area contributed by atoms with Gasteiger partial charge in [0.05, 0.1) is 6.61 Å². The van der Waals surface area contributed by atoms with Crippen LogP contribution in [0.2, 0.25) is 0 Å². The highest BCUT2D eigenvalue weighted by molar-refractivity contribution is 5.83. The molecule has 0 radical (unpaired) electrons. The number of benzene rings is 1. The molecule has 96 valence electrons. The van der Waals surface area contributed by atoms with Crippen LogP contribution in [-0.4, -0.2) is 23.8 Å². The highest BCUT2D eigenvalue weighted by atomic mass is 16.5. The van der Waals surface area contributed by atoms with Crippen molar-refractivity contribution in [1.29, 1.82) is 0 Å². The molecule has 0 bridgehead atoms. The van der Waals surface area contributed by atoms with Gasteiger partial charge in [0, 0.05) is 43.3 Å². The number of aromatic nitrogens is 1. The van der Waals surface area contributed by atoms with E-state index in [2.05, 4.69) is 47.4 Å². The van der Waals surface area contributed by atoms with E-state index in [1.54, 1.807) is 0 Å². The standard InChI is InChI=1S/C15H20N2O/c1-17-10-12(14-6-2-3-7-15(14)17)9-16-13-5-4-8-18-11-13/h2-3,6-7,10,13,16H,4-5,8-9,11H2,1H3. The van der Waals surface area contributed by atoms with Crippen LogP contribution in [0.3, 0.4) is 0 Å². The molecule has 1 aromatic heterocycles. The molecule has 0 aliphatic carbocycles. The lowest BCUT2D eigenvalue weighted by molar-refractivity contribution is 0.0700. The maximum absolute atomic E-state index is 5.50. The van der Waals surface area contributed by atoms with Crippen molar-refractivity contribution in [3.05, 3.63) is 36.0 Å². The van der Waals surface area contributed by atoms with Gasteiger partial charge in [-0.3, -0.25) is 0 Å². The highest BCUT2D eigenvalue weighted by Gasteiger charge is 2.14. The van der Waals surface area contributed by atoms with Crippen LogP contribution in [0, 0.1) is 0 Å². The van der Waals surface area contributed by atoms with Crippen LogP contribution in [0.5, 0.6) is 0 Å². The zero-order valence-corrected chi connectivity index (χ0v) is 10.9. The van der Waals surface area contributed by atoms with E-state index >= 15 is 0 Å². The van der Waals surface area contributed by atoms with E-state index in [1.807, 2.05) is 0 Å². The molecule has 0 spiro atoms. The minimum absolute atomic E-state index is 0.512. The van der Waals surface area contributed by atoms with E-state index in [1.165, 1.54) is 29.3 Å². The average Bonchev–Trinajstić information content (AvgIpc) is 2.75. The van der Waals surface area contributed by atoms with Crippen LogP contribution < -0.4 is 5.32 Å². The van der Waals surface area contributed by atoms with Crippen molar-refractivity contribution in [1.82, 2.24) is 9.88 Å². The molecule has 1 aliphatic heterocycles. The fourth-order valence-electron chi connectivity index (χ4n) is 2.72. The summed E-state index contributed by atoms with van der Waals surface area (Å²) >= 11 is 0. The Morgan fingerprint density at radius 2 is 2.28 bits per heavy atom. The van der Waals surface area contributed by atoms with Crippen molar-refractivity contribution in [3.63, 3.8) is 0 Å². The molecular formula is C15H20N2O. The van der Waals surface area contributed by atoms with Gasteiger partial charge in [-0.15, -0.1) is 0 Å². The third-order valence-corrected chi connectivity index (χ3v) is 3.72. The quantitative estimate of drug-likeness (QED) is 0.897. The molecule has 1 fully saturated rings. The summed E-state index contributed by atoms with van der Waals surface area (Å²) in [5.41, 5.74) is 2.67. The second-order valence-corrected chi connectivity index (χ2v) is 5.08. The molecule has 3 heteroatoms. The second kappa shape index (κ2) is 5.12. The zero-order chi connectivity index (χ0) is 12.4. The van der Waals surface area contributed by atoms with Gasteiger partial charge in [0.1, 0.15) is 0 Å². The van der Waals surface area contributed by atoms with Gasteiger partial charge < -0.3 is 14.6 Å². The van der Waals surface area contributed by atoms with Crippen LogP contribution >= 0.6 is 0 Å². The van der Waals surface area contributed by atoms with E-state index in [0.717, 1.165) is 19.8 Å². The van der Waals surface area contributed by atoms with Gasteiger partial charge in [0.15, 0.2) is 0 Å². The topological polar surface area (TPSA) is 26.2 Å². The van der Waals surface area contributed by atoms with Gasteiger partial charge in [-0.05, 0) is 24.5 Å². The lowest BCUT2D eigenvalue weighted by Gasteiger charge is -2.23. The number of ether oxygens (including phenoxy) is 1. The number of aryl methyl sites for hydroxylation is 1. The maximum atomic E-state index is 5.50. The first-order chi connectivity index (χ1) is 8.84. The molecule has 1 aliphatic rings. The fraction of sp³-hybridized carbons (Fsp3) is 0.467. The van der Waals surface area contributed by atoms with Crippen LogP contribution in [0.4, 0.5) is 0 Å². The van der Waals surface area contributed by atoms with Crippen LogP contribution in [0.15, 0.2) is 30.5 Å². The first-order valence-corrected chi connectivity index (χ1v) is 6.68.